The molecule has 1 aromatic carbocycles. The number of hydrogen-bond donors (Lipinski definition) is 3. The van der Waals surface area contributed by atoms with Gasteiger partial charge in [0.2, 0.25) is 5.91 Å². The van der Waals surface area contributed by atoms with Gasteiger partial charge in [0.25, 0.3) is 5.91 Å². The first kappa shape index (κ1) is 15.2. The quantitative estimate of drug-likeness (QED) is 0.751. The normalized spacial score (nSPS) is 12.3. The minimum Gasteiger partial charge on any atom is -0.392 e. The summed E-state index contributed by atoms with van der Waals surface area (Å²) in [5.74, 6) is -0.925. The Morgan fingerprint density at radius 3 is 2.53 bits per heavy atom. The van der Waals surface area contributed by atoms with Gasteiger partial charge in [0.05, 0.1) is 23.8 Å². The van der Waals surface area contributed by atoms with Crippen molar-refractivity contribution in [3.05, 3.63) is 29.3 Å². The standard InChI is InChI=1S/C14H20N2O3/c1-8(2)11(17)7-12(18)16-10-6-4-5-9(3)13(10)14(15)19/h4-6,8,11,17H,7H2,1-3H3,(H2,15,19)(H,16,18). The van der Waals surface area contributed by atoms with Gasteiger partial charge < -0.3 is 16.2 Å². The number of carbonyl (C=O) groups excluding carboxylic acids is 2. The van der Waals surface area contributed by atoms with Crippen LogP contribution in [0.4, 0.5) is 5.69 Å². The summed E-state index contributed by atoms with van der Waals surface area (Å²) in [5.41, 5.74) is 6.69. The van der Waals surface area contributed by atoms with Crippen molar-refractivity contribution in [1.82, 2.24) is 0 Å². The molecule has 2 amide bonds. The molecule has 0 aliphatic carbocycles. The number of anilines is 1. The van der Waals surface area contributed by atoms with E-state index in [0.717, 1.165) is 0 Å². The summed E-state index contributed by atoms with van der Waals surface area (Å²) in [6.45, 7) is 5.41. The summed E-state index contributed by atoms with van der Waals surface area (Å²) in [4.78, 5) is 23.2. The zero-order chi connectivity index (χ0) is 14.6. The molecule has 0 fully saturated rings. The number of rotatable bonds is 5. The second-order valence-corrected chi connectivity index (χ2v) is 4.93. The molecule has 104 valence electrons. The maximum Gasteiger partial charge on any atom is 0.251 e. The average Bonchev–Trinajstić information content (AvgIpc) is 2.27. The van der Waals surface area contributed by atoms with E-state index in [9.17, 15) is 14.7 Å². The van der Waals surface area contributed by atoms with E-state index in [1.807, 2.05) is 13.8 Å². The maximum absolute atomic E-state index is 11.8. The third-order valence-electron chi connectivity index (χ3n) is 2.96. The van der Waals surface area contributed by atoms with Gasteiger partial charge in [-0.25, -0.2) is 0 Å². The number of nitrogens with two attached hydrogens (primary N) is 1. The summed E-state index contributed by atoms with van der Waals surface area (Å²) in [7, 11) is 0. The summed E-state index contributed by atoms with van der Waals surface area (Å²) in [5, 5.41) is 12.3. The van der Waals surface area contributed by atoms with Crippen LogP contribution in [-0.2, 0) is 4.79 Å². The molecule has 0 bridgehead atoms. The second kappa shape index (κ2) is 6.33. The fraction of sp³-hybridized carbons (Fsp3) is 0.429. The van der Waals surface area contributed by atoms with Crippen LogP contribution in [0.3, 0.4) is 0 Å². The van der Waals surface area contributed by atoms with Crippen LogP contribution >= 0.6 is 0 Å². The maximum atomic E-state index is 11.8. The Morgan fingerprint density at radius 1 is 1.37 bits per heavy atom. The van der Waals surface area contributed by atoms with Gasteiger partial charge in [-0.2, -0.15) is 0 Å². The summed E-state index contributed by atoms with van der Waals surface area (Å²) in [6.07, 6.45) is -0.717. The van der Waals surface area contributed by atoms with Crippen LogP contribution in [0.2, 0.25) is 0 Å². The van der Waals surface area contributed by atoms with E-state index in [1.54, 1.807) is 25.1 Å². The molecule has 0 saturated heterocycles. The number of nitrogens with one attached hydrogen (secondary N) is 1. The highest BCUT2D eigenvalue weighted by atomic mass is 16.3. The van der Waals surface area contributed by atoms with Crippen molar-refractivity contribution in [2.24, 2.45) is 11.7 Å². The van der Waals surface area contributed by atoms with Gasteiger partial charge >= 0.3 is 0 Å². The van der Waals surface area contributed by atoms with Crippen molar-refractivity contribution in [2.45, 2.75) is 33.3 Å². The van der Waals surface area contributed by atoms with Gasteiger partial charge in [0, 0.05) is 0 Å². The molecular weight excluding hydrogens is 244 g/mol. The summed E-state index contributed by atoms with van der Waals surface area (Å²) >= 11 is 0. The molecule has 0 radical (unpaired) electrons. The average molecular weight is 264 g/mol. The van der Waals surface area contributed by atoms with Gasteiger partial charge in [-0.1, -0.05) is 26.0 Å². The highest BCUT2D eigenvalue weighted by Crippen LogP contribution is 2.19. The zero-order valence-electron chi connectivity index (χ0n) is 11.4. The highest BCUT2D eigenvalue weighted by molar-refractivity contribution is 6.04. The Bertz CT molecular complexity index is 484. The molecule has 0 aliphatic rings. The largest absolute Gasteiger partial charge is 0.392 e. The fourth-order valence-corrected chi connectivity index (χ4v) is 1.73. The van der Waals surface area contributed by atoms with Crippen molar-refractivity contribution in [2.75, 3.05) is 5.32 Å². The third-order valence-corrected chi connectivity index (χ3v) is 2.96. The molecule has 19 heavy (non-hydrogen) atoms. The van der Waals surface area contributed by atoms with Crippen LogP contribution in [0.1, 0.15) is 36.2 Å². The Balaban J connectivity index is 2.86. The van der Waals surface area contributed by atoms with Crippen LogP contribution in [0, 0.1) is 12.8 Å². The predicted octanol–water partition coefficient (Wildman–Crippen LogP) is 1.44. The van der Waals surface area contributed by atoms with Crippen molar-refractivity contribution in [3.8, 4) is 0 Å². The minimum absolute atomic E-state index is 0.00105. The lowest BCUT2D eigenvalue weighted by molar-refractivity contribution is -0.118. The molecule has 0 saturated carbocycles. The minimum atomic E-state index is -0.707. The molecule has 0 aromatic heterocycles. The van der Waals surface area contributed by atoms with E-state index < -0.39 is 12.0 Å². The summed E-state index contributed by atoms with van der Waals surface area (Å²) < 4.78 is 0. The molecular formula is C14H20N2O3. The molecule has 1 rings (SSSR count). The van der Waals surface area contributed by atoms with E-state index in [4.69, 9.17) is 5.73 Å². The number of aliphatic hydroxyl groups excluding tert-OH is 1. The van der Waals surface area contributed by atoms with Crippen molar-refractivity contribution >= 4 is 17.5 Å². The first-order valence-electron chi connectivity index (χ1n) is 6.20. The van der Waals surface area contributed by atoms with Crippen LogP contribution in [0.5, 0.6) is 0 Å². The van der Waals surface area contributed by atoms with Gasteiger partial charge in [-0.05, 0) is 24.5 Å². The Morgan fingerprint density at radius 2 is 2.00 bits per heavy atom. The van der Waals surface area contributed by atoms with Crippen LogP contribution in [0.15, 0.2) is 18.2 Å². The number of benzene rings is 1. The SMILES string of the molecule is Cc1cccc(NC(=O)CC(O)C(C)C)c1C(N)=O. The van der Waals surface area contributed by atoms with Gasteiger partial charge in [-0.15, -0.1) is 0 Å². The van der Waals surface area contributed by atoms with Gasteiger partial charge in [-0.3, -0.25) is 9.59 Å². The van der Waals surface area contributed by atoms with Crippen molar-refractivity contribution in [1.29, 1.82) is 0 Å². The van der Waals surface area contributed by atoms with E-state index in [2.05, 4.69) is 5.32 Å². The van der Waals surface area contributed by atoms with E-state index in [1.165, 1.54) is 0 Å². The van der Waals surface area contributed by atoms with Crippen LogP contribution in [-0.4, -0.2) is 23.0 Å². The van der Waals surface area contributed by atoms with E-state index >= 15 is 0 Å². The Hall–Kier alpha value is -1.88. The molecule has 1 aromatic rings. The molecule has 0 heterocycles. The molecule has 1 atom stereocenters. The molecule has 0 spiro atoms. The highest BCUT2D eigenvalue weighted by Gasteiger charge is 2.17. The number of aryl methyl sites for hydroxylation is 1. The van der Waals surface area contributed by atoms with Gasteiger partial charge in [0.15, 0.2) is 0 Å². The molecule has 1 unspecified atom stereocenters. The fourth-order valence-electron chi connectivity index (χ4n) is 1.73. The number of primary amides is 1. The first-order valence-corrected chi connectivity index (χ1v) is 6.20. The lowest BCUT2D eigenvalue weighted by Gasteiger charge is -2.15. The van der Waals surface area contributed by atoms with Crippen LogP contribution in [0.25, 0.3) is 0 Å². The van der Waals surface area contributed by atoms with Gasteiger partial charge in [0.1, 0.15) is 0 Å². The molecule has 5 heteroatoms. The van der Waals surface area contributed by atoms with Crippen molar-refractivity contribution < 1.29 is 14.7 Å². The molecule has 0 aliphatic heterocycles. The summed E-state index contributed by atoms with van der Waals surface area (Å²) in [6, 6.07) is 5.10. The monoisotopic (exact) mass is 264 g/mol. The number of hydrogen-bond acceptors (Lipinski definition) is 3. The second-order valence-electron chi connectivity index (χ2n) is 4.93. The lowest BCUT2D eigenvalue weighted by Crippen LogP contribution is -2.25. The topological polar surface area (TPSA) is 92.4 Å². The first-order chi connectivity index (χ1) is 8.82. The zero-order valence-corrected chi connectivity index (χ0v) is 11.4. The number of amides is 2. The molecule has 5 nitrogen and oxygen atoms in total. The number of carbonyl (C=O) groups is 2. The third kappa shape index (κ3) is 4.06. The smallest absolute Gasteiger partial charge is 0.251 e. The Labute approximate surface area is 112 Å². The Kier molecular flexibility index (Phi) is 5.06. The van der Waals surface area contributed by atoms with Crippen LogP contribution < -0.4 is 11.1 Å². The predicted molar refractivity (Wildman–Crippen MR) is 73.8 cm³/mol. The lowest BCUT2D eigenvalue weighted by atomic mass is 10.0. The van der Waals surface area contributed by atoms with E-state index in [-0.39, 0.29) is 18.2 Å². The van der Waals surface area contributed by atoms with E-state index in [0.29, 0.717) is 16.8 Å². The molecule has 4 N–H and O–H groups in total. The van der Waals surface area contributed by atoms with Crippen molar-refractivity contribution in [3.63, 3.8) is 0 Å². The number of aliphatic hydroxyl groups is 1.